The number of ether oxygens (including phenoxy) is 2. The van der Waals surface area contributed by atoms with Crippen LogP contribution in [0.2, 0.25) is 0 Å². The topological polar surface area (TPSA) is 60.5 Å². The van der Waals surface area contributed by atoms with Gasteiger partial charge >= 0.3 is 0 Å². The maximum absolute atomic E-state index is 12.4. The zero-order chi connectivity index (χ0) is 16.7. The smallest absolute Gasteiger partial charge is 0.257 e. The Morgan fingerprint density at radius 1 is 1.13 bits per heavy atom. The molecule has 122 valence electrons. The number of hydrogen-bond donors (Lipinski definition) is 1. The van der Waals surface area contributed by atoms with Crippen LogP contribution in [0, 0.1) is 0 Å². The van der Waals surface area contributed by atoms with Crippen LogP contribution < -0.4 is 14.8 Å². The standard InChI is InChI=1S/C18H22N2O3/c1-4-22-15-10-8-14(9-11-15)13(3)20-17(21)16-7-6-12-19-18(16)23-5-2/h6-13H,4-5H2,1-3H3,(H,20,21). The first kappa shape index (κ1) is 16.8. The first-order chi connectivity index (χ1) is 11.2. The Kier molecular flexibility index (Phi) is 5.97. The quantitative estimate of drug-likeness (QED) is 0.851. The molecule has 0 aliphatic rings. The van der Waals surface area contributed by atoms with Crippen molar-refractivity contribution in [2.24, 2.45) is 0 Å². The van der Waals surface area contributed by atoms with Gasteiger partial charge in [-0.1, -0.05) is 12.1 Å². The molecule has 0 fully saturated rings. The summed E-state index contributed by atoms with van der Waals surface area (Å²) < 4.78 is 10.8. The van der Waals surface area contributed by atoms with Crippen LogP contribution in [0.25, 0.3) is 0 Å². The molecule has 0 aliphatic carbocycles. The van der Waals surface area contributed by atoms with Crippen molar-refractivity contribution in [3.8, 4) is 11.6 Å². The van der Waals surface area contributed by atoms with Crippen molar-refractivity contribution in [1.29, 1.82) is 0 Å². The molecular formula is C18H22N2O3. The van der Waals surface area contributed by atoms with Crippen LogP contribution in [0.3, 0.4) is 0 Å². The van der Waals surface area contributed by atoms with E-state index in [1.807, 2.05) is 45.0 Å². The molecule has 2 rings (SSSR count). The lowest BCUT2D eigenvalue weighted by Crippen LogP contribution is -2.27. The van der Waals surface area contributed by atoms with Crippen LogP contribution in [0.1, 0.15) is 42.7 Å². The SMILES string of the molecule is CCOc1ccc(C(C)NC(=O)c2cccnc2OCC)cc1. The molecular weight excluding hydrogens is 292 g/mol. The van der Waals surface area contributed by atoms with Gasteiger partial charge in [-0.15, -0.1) is 0 Å². The highest BCUT2D eigenvalue weighted by molar-refractivity contribution is 5.96. The van der Waals surface area contributed by atoms with Gasteiger partial charge in [0.2, 0.25) is 5.88 Å². The minimum absolute atomic E-state index is 0.132. The molecule has 5 nitrogen and oxygen atoms in total. The van der Waals surface area contributed by atoms with E-state index in [4.69, 9.17) is 9.47 Å². The Labute approximate surface area is 136 Å². The summed E-state index contributed by atoms with van der Waals surface area (Å²) in [5.41, 5.74) is 1.44. The van der Waals surface area contributed by atoms with E-state index in [0.29, 0.717) is 24.7 Å². The molecule has 23 heavy (non-hydrogen) atoms. The molecule has 0 saturated carbocycles. The van der Waals surface area contributed by atoms with Crippen LogP contribution >= 0.6 is 0 Å². The number of rotatable bonds is 7. The minimum atomic E-state index is -0.206. The fourth-order valence-electron chi connectivity index (χ4n) is 2.19. The van der Waals surface area contributed by atoms with E-state index in [0.717, 1.165) is 11.3 Å². The van der Waals surface area contributed by atoms with Crippen LogP contribution in [-0.4, -0.2) is 24.1 Å². The number of amides is 1. The average molecular weight is 314 g/mol. The number of carbonyl (C=O) groups excluding carboxylic acids is 1. The van der Waals surface area contributed by atoms with E-state index < -0.39 is 0 Å². The number of benzene rings is 1. The fraction of sp³-hybridized carbons (Fsp3) is 0.333. The number of nitrogens with zero attached hydrogens (tertiary/aromatic N) is 1. The van der Waals surface area contributed by atoms with Crippen LogP contribution in [-0.2, 0) is 0 Å². The lowest BCUT2D eigenvalue weighted by molar-refractivity contribution is 0.0935. The van der Waals surface area contributed by atoms with Gasteiger partial charge in [0.25, 0.3) is 5.91 Å². The maximum atomic E-state index is 12.4. The molecule has 0 saturated heterocycles. The van der Waals surface area contributed by atoms with Crippen molar-refractivity contribution in [3.05, 3.63) is 53.7 Å². The van der Waals surface area contributed by atoms with E-state index in [1.54, 1.807) is 18.3 Å². The Hall–Kier alpha value is -2.56. The van der Waals surface area contributed by atoms with Crippen molar-refractivity contribution in [3.63, 3.8) is 0 Å². The number of aromatic nitrogens is 1. The van der Waals surface area contributed by atoms with Crippen molar-refractivity contribution in [2.45, 2.75) is 26.8 Å². The summed E-state index contributed by atoms with van der Waals surface area (Å²) in [4.78, 5) is 16.5. The molecule has 1 amide bonds. The van der Waals surface area contributed by atoms with Gasteiger partial charge in [0.1, 0.15) is 11.3 Å². The molecule has 1 atom stereocenters. The monoisotopic (exact) mass is 314 g/mol. The molecule has 1 unspecified atom stereocenters. The Morgan fingerprint density at radius 3 is 2.48 bits per heavy atom. The van der Waals surface area contributed by atoms with Gasteiger partial charge < -0.3 is 14.8 Å². The van der Waals surface area contributed by atoms with Crippen LogP contribution in [0.5, 0.6) is 11.6 Å². The van der Waals surface area contributed by atoms with E-state index in [1.165, 1.54) is 0 Å². The van der Waals surface area contributed by atoms with Crippen molar-refractivity contribution in [2.75, 3.05) is 13.2 Å². The van der Waals surface area contributed by atoms with Gasteiger partial charge in [-0.2, -0.15) is 0 Å². The van der Waals surface area contributed by atoms with Crippen LogP contribution in [0.15, 0.2) is 42.6 Å². The third-order valence-electron chi connectivity index (χ3n) is 3.34. The summed E-state index contributed by atoms with van der Waals surface area (Å²) in [6.07, 6.45) is 1.61. The third kappa shape index (κ3) is 4.45. The average Bonchev–Trinajstić information content (AvgIpc) is 2.56. The second-order valence-electron chi connectivity index (χ2n) is 4.99. The Balaban J connectivity index is 2.07. The lowest BCUT2D eigenvalue weighted by atomic mass is 10.1. The number of nitrogens with one attached hydrogen (secondary N) is 1. The zero-order valence-corrected chi connectivity index (χ0v) is 13.7. The summed E-state index contributed by atoms with van der Waals surface area (Å²) in [6.45, 7) is 6.84. The molecule has 1 aromatic heterocycles. The van der Waals surface area contributed by atoms with Crippen molar-refractivity contribution >= 4 is 5.91 Å². The number of pyridine rings is 1. The molecule has 0 bridgehead atoms. The Morgan fingerprint density at radius 2 is 1.83 bits per heavy atom. The van der Waals surface area contributed by atoms with Gasteiger partial charge in [0.05, 0.1) is 19.3 Å². The molecule has 0 aliphatic heterocycles. The van der Waals surface area contributed by atoms with Crippen LogP contribution in [0.4, 0.5) is 0 Å². The van der Waals surface area contributed by atoms with E-state index in [2.05, 4.69) is 10.3 Å². The minimum Gasteiger partial charge on any atom is -0.494 e. The third-order valence-corrected chi connectivity index (χ3v) is 3.34. The first-order valence-corrected chi connectivity index (χ1v) is 7.77. The second kappa shape index (κ2) is 8.17. The van der Waals surface area contributed by atoms with E-state index in [9.17, 15) is 4.79 Å². The van der Waals surface area contributed by atoms with Crippen molar-refractivity contribution < 1.29 is 14.3 Å². The highest BCUT2D eigenvalue weighted by Crippen LogP contribution is 2.20. The molecule has 0 spiro atoms. The van der Waals surface area contributed by atoms with Gasteiger partial charge in [-0.25, -0.2) is 4.98 Å². The van der Waals surface area contributed by atoms with E-state index >= 15 is 0 Å². The highest BCUT2D eigenvalue weighted by Gasteiger charge is 2.16. The van der Waals surface area contributed by atoms with Crippen molar-refractivity contribution in [1.82, 2.24) is 10.3 Å². The molecule has 5 heteroatoms. The summed E-state index contributed by atoms with van der Waals surface area (Å²) in [5.74, 6) is 0.968. The fourth-order valence-corrected chi connectivity index (χ4v) is 2.19. The molecule has 2 aromatic rings. The number of hydrogen-bond acceptors (Lipinski definition) is 4. The normalized spacial score (nSPS) is 11.6. The Bertz CT molecular complexity index is 641. The van der Waals surface area contributed by atoms with Gasteiger partial charge in [-0.05, 0) is 50.6 Å². The highest BCUT2D eigenvalue weighted by atomic mass is 16.5. The van der Waals surface area contributed by atoms with E-state index in [-0.39, 0.29) is 11.9 Å². The zero-order valence-electron chi connectivity index (χ0n) is 13.7. The first-order valence-electron chi connectivity index (χ1n) is 7.77. The maximum Gasteiger partial charge on any atom is 0.257 e. The predicted molar refractivity (Wildman–Crippen MR) is 88.9 cm³/mol. The lowest BCUT2D eigenvalue weighted by Gasteiger charge is -2.16. The molecule has 1 N–H and O–H groups in total. The second-order valence-corrected chi connectivity index (χ2v) is 4.99. The van der Waals surface area contributed by atoms with Gasteiger partial charge in [0, 0.05) is 6.20 Å². The van der Waals surface area contributed by atoms with Gasteiger partial charge in [-0.3, -0.25) is 4.79 Å². The largest absolute Gasteiger partial charge is 0.494 e. The molecule has 1 heterocycles. The predicted octanol–water partition coefficient (Wildman–Crippen LogP) is 3.37. The number of carbonyl (C=O) groups is 1. The van der Waals surface area contributed by atoms with Gasteiger partial charge in [0.15, 0.2) is 0 Å². The summed E-state index contributed by atoms with van der Waals surface area (Å²) >= 11 is 0. The summed E-state index contributed by atoms with van der Waals surface area (Å²) in [7, 11) is 0. The summed E-state index contributed by atoms with van der Waals surface area (Å²) in [6, 6.07) is 11.0. The molecule has 1 aromatic carbocycles. The molecule has 0 radical (unpaired) electrons. The summed E-state index contributed by atoms with van der Waals surface area (Å²) in [5, 5.41) is 2.96.